The lowest BCUT2D eigenvalue weighted by molar-refractivity contribution is -0.183. The Morgan fingerprint density at radius 1 is 0.710 bits per heavy atom. The van der Waals surface area contributed by atoms with Gasteiger partial charge in [-0.2, -0.15) is 19.6 Å². The normalized spacial score (nSPS) is 10.7. The molecule has 11 heteroatoms. The molecule has 0 amide bonds. The van der Waals surface area contributed by atoms with Gasteiger partial charge < -0.3 is 28.7 Å². The van der Waals surface area contributed by atoms with Crippen molar-refractivity contribution in [3.63, 3.8) is 0 Å². The second kappa shape index (κ2) is 10.00. The van der Waals surface area contributed by atoms with E-state index >= 15 is 0 Å². The molecule has 31 heavy (non-hydrogen) atoms. The summed E-state index contributed by atoms with van der Waals surface area (Å²) in [5, 5.41) is 0.0305. The molecule has 0 bridgehead atoms. The summed E-state index contributed by atoms with van der Waals surface area (Å²) in [5.74, 6) is 0.676. The minimum Gasteiger partial charge on any atom is -0.493 e. The molecule has 0 aliphatic rings. The summed E-state index contributed by atoms with van der Waals surface area (Å²) >= 11 is 0. The van der Waals surface area contributed by atoms with Gasteiger partial charge >= 0.3 is 0 Å². The number of methoxy groups -OCH3 is 1. The molecule has 0 aliphatic heterocycles. The van der Waals surface area contributed by atoms with E-state index in [4.69, 9.17) is 43.4 Å². The van der Waals surface area contributed by atoms with E-state index in [0.717, 1.165) is 0 Å². The Hall–Kier alpha value is -3.51. The summed E-state index contributed by atoms with van der Waals surface area (Å²) in [6.07, 6.45) is 0. The van der Waals surface area contributed by atoms with Crippen LogP contribution in [0.3, 0.4) is 0 Å². The molecular formula is C20H20O11. The zero-order valence-corrected chi connectivity index (χ0v) is 17.4. The summed E-state index contributed by atoms with van der Waals surface area (Å²) < 4.78 is 11.2. The maximum atomic E-state index is 13.3. The van der Waals surface area contributed by atoms with Crippen molar-refractivity contribution in [3.8, 4) is 40.1 Å². The van der Waals surface area contributed by atoms with Crippen LogP contribution in [0.1, 0.15) is 0 Å². The first-order chi connectivity index (χ1) is 15.1. The molecular weight excluding hydrogens is 416 g/mol. The number of ether oxygens (including phenoxy) is 1. The Balaban J connectivity index is 2.31. The van der Waals surface area contributed by atoms with Crippen LogP contribution in [-0.4, -0.2) is 35.5 Å². The van der Waals surface area contributed by atoms with Crippen LogP contribution < -0.4 is 29.7 Å². The van der Waals surface area contributed by atoms with Gasteiger partial charge in [-0.15, -0.1) is 0 Å². The maximum absolute atomic E-state index is 13.3. The fourth-order valence-corrected chi connectivity index (χ4v) is 2.86. The van der Waals surface area contributed by atoms with Crippen LogP contribution in [0.15, 0.2) is 39.5 Å². The number of benzene rings is 2. The molecule has 0 spiro atoms. The molecule has 2 aromatic carbocycles. The lowest BCUT2D eigenvalue weighted by Gasteiger charge is -2.13. The Morgan fingerprint density at radius 3 is 2.03 bits per heavy atom. The first kappa shape index (κ1) is 22.2. The average molecular weight is 436 g/mol. The summed E-state index contributed by atoms with van der Waals surface area (Å²) in [7, 11) is 6.68. The third-order valence-corrected chi connectivity index (χ3v) is 4.01. The van der Waals surface area contributed by atoms with Crippen molar-refractivity contribution in [2.45, 2.75) is 0 Å². The Bertz CT molecular complexity index is 1110. The van der Waals surface area contributed by atoms with E-state index in [1.165, 1.54) is 53.7 Å². The Morgan fingerprint density at radius 2 is 1.39 bits per heavy atom. The molecule has 0 aliphatic carbocycles. The van der Waals surface area contributed by atoms with Crippen molar-refractivity contribution in [2.24, 2.45) is 0 Å². The van der Waals surface area contributed by atoms with Gasteiger partial charge in [0.15, 0.2) is 23.0 Å². The smallest absolute Gasteiger partial charge is 0.256 e. The van der Waals surface area contributed by atoms with E-state index in [1.807, 2.05) is 0 Å². The first-order valence-corrected chi connectivity index (χ1v) is 8.73. The van der Waals surface area contributed by atoms with Gasteiger partial charge in [-0.1, -0.05) is 0 Å². The second-order valence-electron chi connectivity index (χ2n) is 5.75. The van der Waals surface area contributed by atoms with Gasteiger partial charge in [-0.3, -0.25) is 4.79 Å². The molecule has 0 saturated carbocycles. The van der Waals surface area contributed by atoms with Crippen molar-refractivity contribution >= 4 is 11.0 Å². The number of rotatable bonds is 10. The van der Waals surface area contributed by atoms with Gasteiger partial charge in [0.2, 0.25) is 11.2 Å². The summed E-state index contributed by atoms with van der Waals surface area (Å²) in [6.45, 7) is 0. The quantitative estimate of drug-likeness (QED) is 0.345. The SMILES string of the molecule is COOc1cc(OOC)c2c(=O)c(OOC)c(-c3ccc(OC)c(OOC)c3)oc2c1. The molecule has 0 unspecified atom stereocenters. The van der Waals surface area contributed by atoms with Crippen LogP contribution in [0.5, 0.6) is 28.7 Å². The van der Waals surface area contributed by atoms with E-state index in [1.54, 1.807) is 12.1 Å². The monoisotopic (exact) mass is 436 g/mol. The molecule has 1 heterocycles. The van der Waals surface area contributed by atoms with Crippen molar-refractivity contribution in [1.82, 2.24) is 0 Å². The second-order valence-corrected chi connectivity index (χ2v) is 5.75. The van der Waals surface area contributed by atoms with Crippen molar-refractivity contribution < 1.29 is 48.3 Å². The Kier molecular flexibility index (Phi) is 7.15. The predicted molar refractivity (Wildman–Crippen MR) is 105 cm³/mol. The molecule has 0 atom stereocenters. The highest BCUT2D eigenvalue weighted by atomic mass is 17.2. The van der Waals surface area contributed by atoms with Gasteiger partial charge in [0, 0.05) is 17.7 Å². The third kappa shape index (κ3) is 4.49. The van der Waals surface area contributed by atoms with Gasteiger partial charge in [-0.25, -0.2) is 0 Å². The third-order valence-electron chi connectivity index (χ3n) is 4.01. The van der Waals surface area contributed by atoms with Crippen LogP contribution in [-0.2, 0) is 19.6 Å². The van der Waals surface area contributed by atoms with Crippen molar-refractivity contribution in [1.29, 1.82) is 0 Å². The van der Waals surface area contributed by atoms with Gasteiger partial charge in [0.05, 0.1) is 35.5 Å². The van der Waals surface area contributed by atoms with Gasteiger partial charge in [0.1, 0.15) is 11.0 Å². The van der Waals surface area contributed by atoms with Crippen molar-refractivity contribution in [2.75, 3.05) is 35.5 Å². The molecule has 0 radical (unpaired) electrons. The van der Waals surface area contributed by atoms with Crippen molar-refractivity contribution in [3.05, 3.63) is 40.6 Å². The fraction of sp³-hybridized carbons (Fsp3) is 0.250. The lowest BCUT2D eigenvalue weighted by atomic mass is 10.1. The highest BCUT2D eigenvalue weighted by Crippen LogP contribution is 2.39. The zero-order valence-electron chi connectivity index (χ0n) is 17.4. The van der Waals surface area contributed by atoms with Gasteiger partial charge in [-0.05, 0) is 18.2 Å². The minimum absolute atomic E-state index is 0.0199. The minimum atomic E-state index is -0.584. The molecule has 3 aromatic rings. The largest absolute Gasteiger partial charge is 0.493 e. The van der Waals surface area contributed by atoms with E-state index < -0.39 is 5.43 Å². The highest BCUT2D eigenvalue weighted by molar-refractivity contribution is 5.88. The average Bonchev–Trinajstić information content (AvgIpc) is 2.76. The first-order valence-electron chi connectivity index (χ1n) is 8.73. The lowest BCUT2D eigenvalue weighted by Crippen LogP contribution is -2.11. The zero-order chi connectivity index (χ0) is 22.4. The van der Waals surface area contributed by atoms with Crippen LogP contribution in [0.25, 0.3) is 22.3 Å². The molecule has 11 nitrogen and oxygen atoms in total. The molecule has 0 N–H and O–H groups in total. The molecule has 0 fully saturated rings. The topological polar surface area (TPSA) is 113 Å². The van der Waals surface area contributed by atoms with Crippen LogP contribution in [0.4, 0.5) is 0 Å². The molecule has 166 valence electrons. The fourth-order valence-electron chi connectivity index (χ4n) is 2.86. The standard InChI is InChI=1S/C20H20O11/c1-22-13-7-6-11(8-14(13)29-24-3)19-20(31-26-5)18(21)17-15(27-19)9-12(28-23-2)10-16(17)30-25-4/h6-10H,1-5H3. The summed E-state index contributed by atoms with van der Waals surface area (Å²) in [5.41, 5.74) is -0.0691. The predicted octanol–water partition coefficient (Wildman–Crippen LogP) is 3.23. The number of fused-ring (bicyclic) bond motifs is 1. The summed E-state index contributed by atoms with van der Waals surface area (Å²) in [6, 6.07) is 7.61. The van der Waals surface area contributed by atoms with E-state index in [0.29, 0.717) is 11.3 Å². The number of hydrogen-bond acceptors (Lipinski definition) is 11. The van der Waals surface area contributed by atoms with Gasteiger partial charge in [0.25, 0.3) is 5.75 Å². The van der Waals surface area contributed by atoms with Crippen LogP contribution in [0, 0.1) is 0 Å². The maximum Gasteiger partial charge on any atom is 0.256 e. The summed E-state index contributed by atoms with van der Waals surface area (Å²) in [4.78, 5) is 52.5. The van der Waals surface area contributed by atoms with Crippen LogP contribution >= 0.6 is 0 Å². The van der Waals surface area contributed by atoms with E-state index in [2.05, 4.69) is 4.89 Å². The van der Waals surface area contributed by atoms with Crippen LogP contribution in [0.2, 0.25) is 0 Å². The van der Waals surface area contributed by atoms with E-state index in [-0.39, 0.29) is 39.7 Å². The molecule has 1 aromatic heterocycles. The Labute approximate surface area is 176 Å². The molecule has 0 saturated heterocycles. The number of hydrogen-bond donors (Lipinski definition) is 0. The molecule has 3 rings (SSSR count). The highest BCUT2D eigenvalue weighted by Gasteiger charge is 2.24. The van der Waals surface area contributed by atoms with E-state index in [9.17, 15) is 4.79 Å².